The predicted molar refractivity (Wildman–Crippen MR) is 80.4 cm³/mol. The van der Waals surface area contributed by atoms with E-state index in [0.29, 0.717) is 6.42 Å². The third-order valence-electron chi connectivity index (χ3n) is 3.02. The van der Waals surface area contributed by atoms with Crippen molar-refractivity contribution in [3.05, 3.63) is 12.2 Å². The van der Waals surface area contributed by atoms with Gasteiger partial charge in [0.15, 0.2) is 0 Å². The van der Waals surface area contributed by atoms with Gasteiger partial charge in [0.05, 0.1) is 6.61 Å². The molecule has 0 fully saturated rings. The number of ether oxygens (including phenoxy) is 1. The summed E-state index contributed by atoms with van der Waals surface area (Å²) in [7, 11) is 0. The van der Waals surface area contributed by atoms with Crippen molar-refractivity contribution < 1.29 is 19.7 Å². The van der Waals surface area contributed by atoms with Crippen LogP contribution in [-0.2, 0) is 9.53 Å². The average molecular weight is 286 g/mol. The Balaban J connectivity index is 3.25. The summed E-state index contributed by atoms with van der Waals surface area (Å²) in [6.45, 7) is 1.69. The zero-order chi connectivity index (χ0) is 15.1. The topological polar surface area (TPSA) is 66.8 Å². The SMILES string of the molecule is CCC/C=C/CCCCCCCC(=O)OC[C@H](O)CO. The van der Waals surface area contributed by atoms with Gasteiger partial charge in [-0.15, -0.1) is 0 Å². The Morgan fingerprint density at radius 2 is 1.75 bits per heavy atom. The summed E-state index contributed by atoms with van der Waals surface area (Å²) in [5, 5.41) is 17.6. The van der Waals surface area contributed by atoms with Crippen molar-refractivity contribution in [3.8, 4) is 0 Å². The van der Waals surface area contributed by atoms with Crippen LogP contribution in [0.2, 0.25) is 0 Å². The van der Waals surface area contributed by atoms with E-state index in [1.165, 1.54) is 25.7 Å². The molecule has 2 N–H and O–H groups in total. The second-order valence-corrected chi connectivity index (χ2v) is 5.09. The summed E-state index contributed by atoms with van der Waals surface area (Å²) in [4.78, 5) is 11.3. The molecule has 118 valence electrons. The highest BCUT2D eigenvalue weighted by molar-refractivity contribution is 5.69. The number of carbonyl (C=O) groups excluding carboxylic acids is 1. The summed E-state index contributed by atoms with van der Waals surface area (Å²) in [6, 6.07) is 0. The number of esters is 1. The molecule has 0 amide bonds. The second-order valence-electron chi connectivity index (χ2n) is 5.09. The van der Waals surface area contributed by atoms with Gasteiger partial charge in [-0.2, -0.15) is 0 Å². The van der Waals surface area contributed by atoms with Crippen LogP contribution in [0.25, 0.3) is 0 Å². The standard InChI is InChI=1S/C16H30O4/c1-2-3-4-5-6-7-8-9-10-11-12-16(19)20-14-15(18)13-17/h4-5,15,17-18H,2-3,6-14H2,1H3/b5-4+/t15-/m1/s1. The summed E-state index contributed by atoms with van der Waals surface area (Å²) >= 11 is 0. The maximum atomic E-state index is 11.3. The molecule has 20 heavy (non-hydrogen) atoms. The molecule has 0 aliphatic rings. The number of hydrogen-bond donors (Lipinski definition) is 2. The van der Waals surface area contributed by atoms with E-state index >= 15 is 0 Å². The molecular weight excluding hydrogens is 256 g/mol. The summed E-state index contributed by atoms with van der Waals surface area (Å²) in [6.07, 6.45) is 12.9. The quantitative estimate of drug-likeness (QED) is 0.310. The van der Waals surface area contributed by atoms with E-state index < -0.39 is 6.10 Å². The van der Waals surface area contributed by atoms with Crippen molar-refractivity contribution in [2.45, 2.75) is 70.8 Å². The summed E-state index contributed by atoms with van der Waals surface area (Å²) in [5.41, 5.74) is 0. The number of aliphatic hydroxyl groups excluding tert-OH is 2. The van der Waals surface area contributed by atoms with Crippen LogP contribution in [0.15, 0.2) is 12.2 Å². The molecule has 0 aromatic rings. The maximum absolute atomic E-state index is 11.3. The summed E-state index contributed by atoms with van der Waals surface area (Å²) in [5.74, 6) is -0.292. The Morgan fingerprint density at radius 1 is 1.10 bits per heavy atom. The van der Waals surface area contributed by atoms with Crippen LogP contribution in [0, 0.1) is 0 Å². The fourth-order valence-corrected chi connectivity index (χ4v) is 1.78. The van der Waals surface area contributed by atoms with Crippen LogP contribution in [0.3, 0.4) is 0 Å². The molecule has 0 radical (unpaired) electrons. The molecule has 4 heteroatoms. The van der Waals surface area contributed by atoms with E-state index in [-0.39, 0.29) is 19.2 Å². The van der Waals surface area contributed by atoms with E-state index in [1.54, 1.807) is 0 Å². The van der Waals surface area contributed by atoms with Crippen LogP contribution >= 0.6 is 0 Å². The molecule has 0 heterocycles. The normalized spacial score (nSPS) is 12.8. The Morgan fingerprint density at radius 3 is 2.45 bits per heavy atom. The minimum absolute atomic E-state index is 0.112. The molecule has 0 saturated carbocycles. The smallest absolute Gasteiger partial charge is 0.305 e. The van der Waals surface area contributed by atoms with Crippen LogP contribution in [0.1, 0.15) is 64.7 Å². The van der Waals surface area contributed by atoms with Crippen LogP contribution in [0.5, 0.6) is 0 Å². The molecule has 0 aromatic heterocycles. The van der Waals surface area contributed by atoms with Gasteiger partial charge in [0.25, 0.3) is 0 Å². The van der Waals surface area contributed by atoms with E-state index in [1.807, 2.05) is 0 Å². The second kappa shape index (κ2) is 14.5. The molecule has 1 atom stereocenters. The van der Waals surface area contributed by atoms with Gasteiger partial charge in [-0.1, -0.05) is 44.8 Å². The molecule has 0 aliphatic carbocycles. The highest BCUT2D eigenvalue weighted by atomic mass is 16.5. The number of unbranched alkanes of at least 4 members (excludes halogenated alkanes) is 6. The van der Waals surface area contributed by atoms with Gasteiger partial charge in [-0.3, -0.25) is 4.79 Å². The molecule has 4 nitrogen and oxygen atoms in total. The number of hydrogen-bond acceptors (Lipinski definition) is 4. The third kappa shape index (κ3) is 13.6. The van der Waals surface area contributed by atoms with Gasteiger partial charge in [0, 0.05) is 6.42 Å². The first-order valence-corrected chi connectivity index (χ1v) is 7.80. The largest absolute Gasteiger partial charge is 0.463 e. The Bertz CT molecular complexity index is 251. The fourth-order valence-electron chi connectivity index (χ4n) is 1.78. The lowest BCUT2D eigenvalue weighted by molar-refractivity contribution is -0.147. The molecule has 0 rings (SSSR count). The van der Waals surface area contributed by atoms with Gasteiger partial charge in [0.2, 0.25) is 0 Å². The highest BCUT2D eigenvalue weighted by Crippen LogP contribution is 2.08. The monoisotopic (exact) mass is 286 g/mol. The minimum Gasteiger partial charge on any atom is -0.463 e. The van der Waals surface area contributed by atoms with Gasteiger partial charge in [0.1, 0.15) is 12.7 Å². The molecule has 0 spiro atoms. The van der Waals surface area contributed by atoms with Gasteiger partial charge >= 0.3 is 5.97 Å². The lowest BCUT2D eigenvalue weighted by Gasteiger charge is -2.08. The van der Waals surface area contributed by atoms with Gasteiger partial charge in [-0.05, 0) is 25.7 Å². The Labute approximate surface area is 122 Å². The summed E-state index contributed by atoms with van der Waals surface area (Å²) < 4.78 is 4.82. The van der Waals surface area contributed by atoms with Crippen molar-refractivity contribution in [1.29, 1.82) is 0 Å². The molecule has 0 bridgehead atoms. The van der Waals surface area contributed by atoms with Crippen LogP contribution < -0.4 is 0 Å². The molecule has 0 aromatic carbocycles. The maximum Gasteiger partial charge on any atom is 0.305 e. The van der Waals surface area contributed by atoms with E-state index in [9.17, 15) is 4.79 Å². The zero-order valence-corrected chi connectivity index (χ0v) is 12.7. The molecule has 0 saturated heterocycles. The molecular formula is C16H30O4. The van der Waals surface area contributed by atoms with Crippen molar-refractivity contribution in [2.75, 3.05) is 13.2 Å². The first kappa shape index (κ1) is 19.1. The molecule has 0 aliphatic heterocycles. The van der Waals surface area contributed by atoms with Crippen molar-refractivity contribution in [3.63, 3.8) is 0 Å². The first-order chi connectivity index (χ1) is 9.70. The van der Waals surface area contributed by atoms with Gasteiger partial charge in [-0.25, -0.2) is 0 Å². The van der Waals surface area contributed by atoms with Crippen LogP contribution in [0.4, 0.5) is 0 Å². The third-order valence-corrected chi connectivity index (χ3v) is 3.02. The predicted octanol–water partition coefficient (Wildman–Crippen LogP) is 2.97. The van der Waals surface area contributed by atoms with E-state index in [0.717, 1.165) is 25.7 Å². The Hall–Kier alpha value is -0.870. The van der Waals surface area contributed by atoms with Gasteiger partial charge < -0.3 is 14.9 Å². The van der Waals surface area contributed by atoms with Crippen molar-refractivity contribution >= 4 is 5.97 Å². The van der Waals surface area contributed by atoms with Crippen molar-refractivity contribution in [2.24, 2.45) is 0 Å². The van der Waals surface area contributed by atoms with E-state index in [2.05, 4.69) is 19.1 Å². The first-order valence-electron chi connectivity index (χ1n) is 7.80. The number of aliphatic hydroxyl groups is 2. The van der Waals surface area contributed by atoms with Crippen LogP contribution in [-0.4, -0.2) is 35.5 Å². The number of rotatable bonds is 13. The minimum atomic E-state index is -0.959. The molecule has 0 unspecified atom stereocenters. The lowest BCUT2D eigenvalue weighted by Crippen LogP contribution is -2.21. The zero-order valence-electron chi connectivity index (χ0n) is 12.7. The average Bonchev–Trinajstić information content (AvgIpc) is 2.46. The van der Waals surface area contributed by atoms with Crippen molar-refractivity contribution in [1.82, 2.24) is 0 Å². The number of carbonyl (C=O) groups is 1. The van der Waals surface area contributed by atoms with E-state index in [4.69, 9.17) is 14.9 Å². The fraction of sp³-hybridized carbons (Fsp3) is 0.812. The Kier molecular flexibility index (Phi) is 13.9. The lowest BCUT2D eigenvalue weighted by atomic mass is 10.1. The highest BCUT2D eigenvalue weighted by Gasteiger charge is 2.07. The number of allylic oxidation sites excluding steroid dienone is 2.